The summed E-state index contributed by atoms with van der Waals surface area (Å²) in [5.74, 6) is 1.27. The van der Waals surface area contributed by atoms with E-state index in [1.807, 2.05) is 78.6 Å². The largest absolute Gasteiger partial charge is 0.497 e. The zero-order chi connectivity index (χ0) is 25.8. The highest BCUT2D eigenvalue weighted by molar-refractivity contribution is 6.00. The van der Waals surface area contributed by atoms with E-state index < -0.39 is 0 Å². The lowest BCUT2D eigenvalue weighted by Crippen LogP contribution is -2.58. The maximum Gasteiger partial charge on any atom is 0.270 e. The molecule has 0 aliphatic carbocycles. The van der Waals surface area contributed by atoms with E-state index in [9.17, 15) is 9.59 Å². The van der Waals surface area contributed by atoms with Gasteiger partial charge in [-0.3, -0.25) is 9.59 Å². The topological polar surface area (TPSA) is 74.9 Å². The number of piperazine rings is 1. The Kier molecular flexibility index (Phi) is 7.12. The van der Waals surface area contributed by atoms with E-state index in [1.165, 1.54) is 0 Å². The Hall–Kier alpha value is -4.26. The molecule has 2 amide bonds. The Morgan fingerprint density at radius 2 is 1.78 bits per heavy atom. The van der Waals surface area contributed by atoms with Crippen LogP contribution in [0.3, 0.4) is 0 Å². The van der Waals surface area contributed by atoms with E-state index in [-0.39, 0.29) is 24.4 Å². The molecule has 1 N–H and O–H groups in total. The van der Waals surface area contributed by atoms with Gasteiger partial charge in [-0.25, -0.2) is 0 Å². The highest BCUT2D eigenvalue weighted by Crippen LogP contribution is 2.25. The van der Waals surface area contributed by atoms with Gasteiger partial charge in [0.05, 0.1) is 19.8 Å². The monoisotopic (exact) mass is 497 g/mol. The molecular weight excluding hydrogens is 466 g/mol. The fourth-order valence-corrected chi connectivity index (χ4v) is 4.93. The zero-order valence-corrected chi connectivity index (χ0v) is 21.1. The van der Waals surface area contributed by atoms with Gasteiger partial charge in [0.1, 0.15) is 23.7 Å². The van der Waals surface area contributed by atoms with Crippen molar-refractivity contribution in [1.82, 2.24) is 14.8 Å². The lowest BCUT2D eigenvalue weighted by atomic mass is 10.0. The molecule has 0 unspecified atom stereocenters. The van der Waals surface area contributed by atoms with E-state index in [2.05, 4.69) is 17.1 Å². The maximum absolute atomic E-state index is 13.5. The van der Waals surface area contributed by atoms with Gasteiger partial charge in [-0.05, 0) is 60.9 Å². The van der Waals surface area contributed by atoms with E-state index in [0.717, 1.165) is 33.5 Å². The molecule has 1 fully saturated rings. The molecule has 7 heteroatoms. The summed E-state index contributed by atoms with van der Waals surface area (Å²) < 4.78 is 11.0. The fraction of sp³-hybridized carbons (Fsp3) is 0.267. The molecule has 1 aliphatic rings. The van der Waals surface area contributed by atoms with Gasteiger partial charge in [0.2, 0.25) is 5.91 Å². The second-order valence-corrected chi connectivity index (χ2v) is 9.27. The Balaban J connectivity index is 1.40. The van der Waals surface area contributed by atoms with Crippen LogP contribution in [0, 0.1) is 0 Å². The number of fused-ring (bicyclic) bond motifs is 1. The normalized spacial score (nSPS) is 15.7. The van der Waals surface area contributed by atoms with Crippen molar-refractivity contribution in [3.05, 3.63) is 95.7 Å². The fourth-order valence-electron chi connectivity index (χ4n) is 4.93. The lowest BCUT2D eigenvalue weighted by Gasteiger charge is -2.41. The molecule has 1 aliphatic heterocycles. The van der Waals surface area contributed by atoms with Crippen molar-refractivity contribution in [1.29, 1.82) is 0 Å². The third-order valence-corrected chi connectivity index (χ3v) is 6.74. The number of nitrogens with zero attached hydrogens (tertiary/aromatic N) is 2. The number of benzene rings is 3. The third kappa shape index (κ3) is 5.45. The first-order chi connectivity index (χ1) is 18.0. The predicted octanol–water partition coefficient (Wildman–Crippen LogP) is 4.67. The smallest absolute Gasteiger partial charge is 0.270 e. The first-order valence-electron chi connectivity index (χ1n) is 12.5. The predicted molar refractivity (Wildman–Crippen MR) is 143 cm³/mol. The molecule has 0 spiro atoms. The van der Waals surface area contributed by atoms with Crippen molar-refractivity contribution in [2.75, 3.05) is 26.8 Å². The van der Waals surface area contributed by atoms with Gasteiger partial charge in [-0.2, -0.15) is 0 Å². The highest BCUT2D eigenvalue weighted by atomic mass is 16.5. The summed E-state index contributed by atoms with van der Waals surface area (Å²) in [6.07, 6.45) is 0.658. The van der Waals surface area contributed by atoms with Crippen molar-refractivity contribution in [2.45, 2.75) is 25.9 Å². The number of amides is 2. The molecule has 4 aromatic rings. The lowest BCUT2D eigenvalue weighted by molar-refractivity contribution is -0.139. The average Bonchev–Trinajstić information content (AvgIpc) is 3.34. The molecule has 190 valence electrons. The van der Waals surface area contributed by atoms with Crippen molar-refractivity contribution in [2.24, 2.45) is 0 Å². The van der Waals surface area contributed by atoms with Crippen LogP contribution in [0.2, 0.25) is 0 Å². The Labute approximate surface area is 216 Å². The Morgan fingerprint density at radius 3 is 2.57 bits per heavy atom. The van der Waals surface area contributed by atoms with Crippen LogP contribution in [0.15, 0.2) is 78.9 Å². The molecule has 7 nitrogen and oxygen atoms in total. The zero-order valence-electron chi connectivity index (χ0n) is 21.1. The van der Waals surface area contributed by atoms with E-state index >= 15 is 0 Å². The maximum atomic E-state index is 13.5. The van der Waals surface area contributed by atoms with Crippen LogP contribution in [0.1, 0.15) is 28.5 Å². The molecule has 0 radical (unpaired) electrons. The van der Waals surface area contributed by atoms with E-state index in [1.54, 1.807) is 12.0 Å². The van der Waals surface area contributed by atoms with Gasteiger partial charge < -0.3 is 24.3 Å². The number of aromatic amines is 1. The standard InChI is InChI=1S/C30H31N3O4/c1-3-37-26-11-7-10-22(15-26)18-33-24(14-21-8-5-4-6-9-21)19-32(20-29(33)34)30(35)28-17-23-16-25(36-2)12-13-27(23)31-28/h4-13,15-17,24,31H,3,14,18-20H2,1-2H3/t24-/m0/s1. The number of carbonyl (C=O) groups excluding carboxylic acids is 2. The average molecular weight is 498 g/mol. The number of ether oxygens (including phenoxy) is 2. The van der Waals surface area contributed by atoms with Crippen molar-refractivity contribution >= 4 is 22.7 Å². The molecule has 2 heterocycles. The highest BCUT2D eigenvalue weighted by Gasteiger charge is 2.35. The molecule has 5 rings (SSSR count). The molecule has 1 saturated heterocycles. The number of nitrogens with one attached hydrogen (secondary N) is 1. The van der Waals surface area contributed by atoms with Crippen LogP contribution in [0.25, 0.3) is 10.9 Å². The number of methoxy groups -OCH3 is 1. The minimum absolute atomic E-state index is 0.0357. The first-order valence-corrected chi connectivity index (χ1v) is 12.5. The Morgan fingerprint density at radius 1 is 0.973 bits per heavy atom. The quantitative estimate of drug-likeness (QED) is 0.384. The van der Waals surface area contributed by atoms with Crippen LogP contribution in [0.4, 0.5) is 0 Å². The summed E-state index contributed by atoms with van der Waals surface area (Å²) in [7, 11) is 1.62. The van der Waals surface area contributed by atoms with Gasteiger partial charge in [0, 0.05) is 24.0 Å². The molecular formula is C30H31N3O4. The van der Waals surface area contributed by atoms with E-state index in [4.69, 9.17) is 9.47 Å². The summed E-state index contributed by atoms with van der Waals surface area (Å²) in [6, 6.07) is 25.2. The summed E-state index contributed by atoms with van der Waals surface area (Å²) in [5.41, 5.74) is 3.44. The van der Waals surface area contributed by atoms with E-state index in [0.29, 0.717) is 31.8 Å². The molecule has 0 bridgehead atoms. The summed E-state index contributed by atoms with van der Waals surface area (Å²) in [4.78, 5) is 33.8. The van der Waals surface area contributed by atoms with Gasteiger partial charge in [0.15, 0.2) is 0 Å². The minimum atomic E-state index is -0.181. The number of hydrogen-bond acceptors (Lipinski definition) is 4. The van der Waals surface area contributed by atoms with Crippen LogP contribution < -0.4 is 9.47 Å². The van der Waals surface area contributed by atoms with Crippen LogP contribution in [-0.2, 0) is 17.8 Å². The van der Waals surface area contributed by atoms with Gasteiger partial charge in [-0.15, -0.1) is 0 Å². The Bertz CT molecular complexity index is 1400. The molecule has 1 atom stereocenters. The number of hydrogen-bond donors (Lipinski definition) is 1. The molecule has 37 heavy (non-hydrogen) atoms. The summed E-state index contributed by atoms with van der Waals surface area (Å²) in [5, 5.41) is 0.891. The molecule has 0 saturated carbocycles. The third-order valence-electron chi connectivity index (χ3n) is 6.74. The second kappa shape index (κ2) is 10.8. The van der Waals surface area contributed by atoms with Crippen molar-refractivity contribution in [3.8, 4) is 11.5 Å². The van der Waals surface area contributed by atoms with Gasteiger partial charge >= 0.3 is 0 Å². The SMILES string of the molecule is CCOc1cccc(CN2C(=O)CN(C(=O)c3cc4cc(OC)ccc4[nH]3)C[C@@H]2Cc2ccccc2)c1. The summed E-state index contributed by atoms with van der Waals surface area (Å²) in [6.45, 7) is 3.48. The number of H-pyrrole nitrogens is 1. The number of rotatable bonds is 8. The number of aromatic nitrogens is 1. The van der Waals surface area contributed by atoms with Gasteiger partial charge in [0.25, 0.3) is 5.91 Å². The van der Waals surface area contributed by atoms with Gasteiger partial charge in [-0.1, -0.05) is 42.5 Å². The first kappa shape index (κ1) is 24.4. The van der Waals surface area contributed by atoms with Crippen molar-refractivity contribution < 1.29 is 19.1 Å². The minimum Gasteiger partial charge on any atom is -0.497 e. The molecule has 3 aromatic carbocycles. The van der Waals surface area contributed by atoms with Crippen LogP contribution in [0.5, 0.6) is 11.5 Å². The van der Waals surface area contributed by atoms with Crippen LogP contribution in [-0.4, -0.2) is 59.4 Å². The van der Waals surface area contributed by atoms with Crippen molar-refractivity contribution in [3.63, 3.8) is 0 Å². The number of carbonyl (C=O) groups is 2. The van der Waals surface area contributed by atoms with Crippen LogP contribution >= 0.6 is 0 Å². The summed E-state index contributed by atoms with van der Waals surface area (Å²) >= 11 is 0. The second-order valence-electron chi connectivity index (χ2n) is 9.27. The molecule has 1 aromatic heterocycles.